The maximum atomic E-state index is 5.56. The molecule has 1 fully saturated rings. The molecule has 0 amide bonds. The van der Waals surface area contributed by atoms with Crippen molar-refractivity contribution in [3.63, 3.8) is 0 Å². The fourth-order valence-corrected chi connectivity index (χ4v) is 1.87. The summed E-state index contributed by atoms with van der Waals surface area (Å²) in [5.41, 5.74) is 1.03. The van der Waals surface area contributed by atoms with Gasteiger partial charge in [0.1, 0.15) is 6.33 Å². The molecule has 5 heteroatoms. The average Bonchev–Trinajstić information content (AvgIpc) is 2.30. The van der Waals surface area contributed by atoms with Crippen LogP contribution in [0.4, 0.5) is 0 Å². The second kappa shape index (κ2) is 5.93. The van der Waals surface area contributed by atoms with E-state index in [4.69, 9.17) is 4.74 Å². The van der Waals surface area contributed by atoms with Crippen molar-refractivity contribution >= 4 is 0 Å². The van der Waals surface area contributed by atoms with Gasteiger partial charge in [0, 0.05) is 38.8 Å². The van der Waals surface area contributed by atoms with Crippen LogP contribution in [0.15, 0.2) is 12.4 Å². The fraction of sp³-hybridized carbons (Fsp3) is 0.667. The molecule has 0 radical (unpaired) electrons. The van der Waals surface area contributed by atoms with Crippen molar-refractivity contribution in [3.8, 4) is 5.88 Å². The summed E-state index contributed by atoms with van der Waals surface area (Å²) in [4.78, 5) is 10.8. The third kappa shape index (κ3) is 3.94. The van der Waals surface area contributed by atoms with Gasteiger partial charge >= 0.3 is 0 Å². The van der Waals surface area contributed by atoms with Crippen molar-refractivity contribution in [2.75, 3.05) is 26.2 Å². The van der Waals surface area contributed by atoms with Crippen LogP contribution in [0.25, 0.3) is 0 Å². The first-order valence-electron chi connectivity index (χ1n) is 6.14. The SMILES string of the molecule is CC(C)Oc1cc(CN2CCNCC2)ncn1. The van der Waals surface area contributed by atoms with Crippen LogP contribution in [0.5, 0.6) is 5.88 Å². The van der Waals surface area contributed by atoms with Gasteiger partial charge in [-0.25, -0.2) is 9.97 Å². The number of ether oxygens (including phenoxy) is 1. The van der Waals surface area contributed by atoms with Crippen LogP contribution in [-0.2, 0) is 6.54 Å². The molecule has 1 aliphatic heterocycles. The zero-order chi connectivity index (χ0) is 12.1. The van der Waals surface area contributed by atoms with E-state index in [2.05, 4.69) is 20.2 Å². The van der Waals surface area contributed by atoms with E-state index in [0.717, 1.165) is 38.4 Å². The molecule has 94 valence electrons. The summed E-state index contributed by atoms with van der Waals surface area (Å²) >= 11 is 0. The lowest BCUT2D eigenvalue weighted by Crippen LogP contribution is -2.43. The second-order valence-corrected chi connectivity index (χ2v) is 4.54. The van der Waals surface area contributed by atoms with Gasteiger partial charge in [-0.15, -0.1) is 0 Å². The van der Waals surface area contributed by atoms with E-state index in [1.165, 1.54) is 0 Å². The molecule has 5 nitrogen and oxygen atoms in total. The average molecular weight is 236 g/mol. The van der Waals surface area contributed by atoms with Crippen LogP contribution in [0, 0.1) is 0 Å². The summed E-state index contributed by atoms with van der Waals surface area (Å²) in [6.07, 6.45) is 1.73. The van der Waals surface area contributed by atoms with Crippen molar-refractivity contribution in [3.05, 3.63) is 18.1 Å². The van der Waals surface area contributed by atoms with E-state index in [-0.39, 0.29) is 6.10 Å². The number of piperazine rings is 1. The number of aromatic nitrogens is 2. The number of hydrogen-bond acceptors (Lipinski definition) is 5. The smallest absolute Gasteiger partial charge is 0.216 e. The van der Waals surface area contributed by atoms with Crippen molar-refractivity contribution in [1.82, 2.24) is 20.2 Å². The Bertz CT molecular complexity index is 350. The highest BCUT2D eigenvalue weighted by Gasteiger charge is 2.11. The van der Waals surface area contributed by atoms with E-state index in [0.29, 0.717) is 5.88 Å². The minimum Gasteiger partial charge on any atom is -0.475 e. The normalized spacial score (nSPS) is 17.4. The Morgan fingerprint density at radius 2 is 2.12 bits per heavy atom. The Balaban J connectivity index is 1.95. The summed E-state index contributed by atoms with van der Waals surface area (Å²) in [6.45, 7) is 9.13. The van der Waals surface area contributed by atoms with E-state index in [1.807, 2.05) is 19.9 Å². The monoisotopic (exact) mass is 236 g/mol. The predicted molar refractivity (Wildman–Crippen MR) is 65.9 cm³/mol. The maximum Gasteiger partial charge on any atom is 0.216 e. The van der Waals surface area contributed by atoms with Crippen molar-refractivity contribution in [2.45, 2.75) is 26.5 Å². The molecule has 0 aliphatic carbocycles. The highest BCUT2D eigenvalue weighted by atomic mass is 16.5. The van der Waals surface area contributed by atoms with Gasteiger partial charge < -0.3 is 10.1 Å². The molecule has 0 saturated carbocycles. The maximum absolute atomic E-state index is 5.56. The van der Waals surface area contributed by atoms with Crippen molar-refractivity contribution < 1.29 is 4.74 Å². The van der Waals surface area contributed by atoms with Gasteiger partial charge in [-0.3, -0.25) is 4.90 Å². The molecular weight excluding hydrogens is 216 g/mol. The molecule has 1 N–H and O–H groups in total. The summed E-state index contributed by atoms with van der Waals surface area (Å²) in [6, 6.07) is 1.93. The standard InChI is InChI=1S/C12H20N4O/c1-10(2)17-12-7-11(14-9-15-12)8-16-5-3-13-4-6-16/h7,9-10,13H,3-6,8H2,1-2H3. The Hall–Kier alpha value is -1.20. The van der Waals surface area contributed by atoms with Gasteiger partial charge in [-0.05, 0) is 13.8 Å². The molecule has 1 aromatic rings. The zero-order valence-corrected chi connectivity index (χ0v) is 10.5. The van der Waals surface area contributed by atoms with E-state index < -0.39 is 0 Å². The number of nitrogens with one attached hydrogen (secondary N) is 1. The molecule has 1 aliphatic rings. The molecule has 2 heterocycles. The van der Waals surface area contributed by atoms with Gasteiger partial charge in [-0.2, -0.15) is 0 Å². The molecule has 0 bridgehead atoms. The number of nitrogens with zero attached hydrogens (tertiary/aromatic N) is 3. The second-order valence-electron chi connectivity index (χ2n) is 4.54. The summed E-state index contributed by atoms with van der Waals surface area (Å²) in [5, 5.41) is 3.34. The largest absolute Gasteiger partial charge is 0.475 e. The van der Waals surface area contributed by atoms with E-state index >= 15 is 0 Å². The van der Waals surface area contributed by atoms with Crippen LogP contribution >= 0.6 is 0 Å². The number of hydrogen-bond donors (Lipinski definition) is 1. The van der Waals surface area contributed by atoms with Gasteiger partial charge in [-0.1, -0.05) is 0 Å². The first-order chi connectivity index (χ1) is 8.24. The Morgan fingerprint density at radius 3 is 2.82 bits per heavy atom. The van der Waals surface area contributed by atoms with Crippen LogP contribution in [0.2, 0.25) is 0 Å². The predicted octanol–water partition coefficient (Wildman–Crippen LogP) is 0.669. The van der Waals surface area contributed by atoms with Crippen LogP contribution in [0.1, 0.15) is 19.5 Å². The lowest BCUT2D eigenvalue weighted by molar-refractivity contribution is 0.223. The van der Waals surface area contributed by atoms with E-state index in [1.54, 1.807) is 6.33 Å². The first-order valence-corrected chi connectivity index (χ1v) is 6.14. The van der Waals surface area contributed by atoms with Crippen LogP contribution < -0.4 is 10.1 Å². The molecule has 1 saturated heterocycles. The number of rotatable bonds is 4. The molecular formula is C12H20N4O. The van der Waals surface area contributed by atoms with Crippen LogP contribution in [0.3, 0.4) is 0 Å². The highest BCUT2D eigenvalue weighted by molar-refractivity contribution is 5.13. The quantitative estimate of drug-likeness (QED) is 0.832. The minimum atomic E-state index is 0.150. The molecule has 0 atom stereocenters. The first kappa shape index (κ1) is 12.3. The Labute approximate surface area is 102 Å². The minimum absolute atomic E-state index is 0.150. The molecule has 0 spiro atoms. The summed E-state index contributed by atoms with van der Waals surface area (Å²) in [5.74, 6) is 0.667. The Morgan fingerprint density at radius 1 is 1.35 bits per heavy atom. The van der Waals surface area contributed by atoms with Gasteiger partial charge in [0.05, 0.1) is 11.8 Å². The Kier molecular flexibility index (Phi) is 4.28. The van der Waals surface area contributed by atoms with Crippen LogP contribution in [-0.4, -0.2) is 47.2 Å². The van der Waals surface area contributed by atoms with Crippen molar-refractivity contribution in [2.24, 2.45) is 0 Å². The van der Waals surface area contributed by atoms with Gasteiger partial charge in [0.2, 0.25) is 5.88 Å². The molecule has 1 aromatic heterocycles. The molecule has 0 aromatic carbocycles. The van der Waals surface area contributed by atoms with Crippen molar-refractivity contribution in [1.29, 1.82) is 0 Å². The topological polar surface area (TPSA) is 50.3 Å². The fourth-order valence-electron chi connectivity index (χ4n) is 1.87. The van der Waals surface area contributed by atoms with Gasteiger partial charge in [0.15, 0.2) is 0 Å². The zero-order valence-electron chi connectivity index (χ0n) is 10.5. The molecule has 0 unspecified atom stereocenters. The van der Waals surface area contributed by atoms with Gasteiger partial charge in [0.25, 0.3) is 0 Å². The lowest BCUT2D eigenvalue weighted by atomic mass is 10.3. The highest BCUT2D eigenvalue weighted by Crippen LogP contribution is 2.11. The van der Waals surface area contributed by atoms with E-state index in [9.17, 15) is 0 Å². The third-order valence-corrected chi connectivity index (χ3v) is 2.65. The lowest BCUT2D eigenvalue weighted by Gasteiger charge is -2.26. The molecule has 17 heavy (non-hydrogen) atoms. The third-order valence-electron chi connectivity index (χ3n) is 2.65. The summed E-state index contributed by atoms with van der Waals surface area (Å²) < 4.78 is 5.56. The summed E-state index contributed by atoms with van der Waals surface area (Å²) in [7, 11) is 0. The molecule has 2 rings (SSSR count).